The number of hydrogen-bond donors (Lipinski definition) is 4. The van der Waals surface area contributed by atoms with Crippen molar-refractivity contribution < 1.29 is 19.8 Å². The molecule has 0 radical (unpaired) electrons. The number of hydrogen-bond acceptors (Lipinski definition) is 3. The van der Waals surface area contributed by atoms with Crippen LogP contribution in [0.1, 0.15) is 51.9 Å². The third-order valence-electron chi connectivity index (χ3n) is 3.94. The molecule has 1 aliphatic carbocycles. The van der Waals surface area contributed by atoms with Crippen molar-refractivity contribution in [3.8, 4) is 0 Å². The molecule has 0 bridgehead atoms. The summed E-state index contributed by atoms with van der Waals surface area (Å²) in [5.74, 6) is -0.629. The minimum Gasteiger partial charge on any atom is -0.481 e. The van der Waals surface area contributed by atoms with Crippen LogP contribution in [0.25, 0.3) is 0 Å². The van der Waals surface area contributed by atoms with Crippen LogP contribution in [0.15, 0.2) is 0 Å². The molecule has 1 fully saturated rings. The number of carboxylic acids is 1. The molecule has 1 rings (SSSR count). The Balaban J connectivity index is 2.19. The van der Waals surface area contributed by atoms with E-state index in [1.54, 1.807) is 6.92 Å². The number of carbonyl (C=O) groups is 2. The first-order valence-corrected chi connectivity index (χ1v) is 7.37. The van der Waals surface area contributed by atoms with E-state index >= 15 is 0 Å². The fourth-order valence-corrected chi connectivity index (χ4v) is 2.63. The number of urea groups is 1. The third-order valence-corrected chi connectivity index (χ3v) is 3.94. The summed E-state index contributed by atoms with van der Waals surface area (Å²) in [6.07, 6.45) is 5.97. The van der Waals surface area contributed by atoms with Crippen LogP contribution in [0.4, 0.5) is 4.79 Å². The zero-order valence-electron chi connectivity index (χ0n) is 12.2. The highest BCUT2D eigenvalue weighted by Gasteiger charge is 2.32. The van der Waals surface area contributed by atoms with Gasteiger partial charge in [-0.1, -0.05) is 19.3 Å². The van der Waals surface area contributed by atoms with Gasteiger partial charge in [0.25, 0.3) is 0 Å². The Labute approximate surface area is 119 Å². The lowest BCUT2D eigenvalue weighted by molar-refractivity contribution is -0.137. The number of carbonyl (C=O) groups excluding carboxylic acids is 1. The molecular formula is C14H26N2O4. The second-order valence-electron chi connectivity index (χ2n) is 5.80. The standard InChI is InChI=1S/C14H26N2O4/c1-14(20,11-6-3-2-4-7-11)10-16-13(19)15-9-5-8-12(17)18/h11,20H,2-10H2,1H3,(H,17,18)(H2,15,16,19). The van der Waals surface area contributed by atoms with Gasteiger partial charge in [0.1, 0.15) is 0 Å². The zero-order valence-corrected chi connectivity index (χ0v) is 12.2. The van der Waals surface area contributed by atoms with Gasteiger partial charge in [0.2, 0.25) is 0 Å². The summed E-state index contributed by atoms with van der Waals surface area (Å²) in [6, 6.07) is -0.355. The lowest BCUT2D eigenvalue weighted by Gasteiger charge is -2.35. The predicted molar refractivity (Wildman–Crippen MR) is 75.5 cm³/mol. The molecule has 0 aromatic carbocycles. The van der Waals surface area contributed by atoms with Crippen LogP contribution in [0.3, 0.4) is 0 Å². The van der Waals surface area contributed by atoms with Gasteiger partial charge < -0.3 is 20.8 Å². The van der Waals surface area contributed by atoms with Gasteiger partial charge in [-0.2, -0.15) is 0 Å². The number of aliphatic hydroxyl groups is 1. The SMILES string of the molecule is CC(O)(CNC(=O)NCCCC(=O)O)C1CCCCC1. The molecule has 6 heteroatoms. The summed E-state index contributed by atoms with van der Waals surface area (Å²) in [5.41, 5.74) is -0.876. The third kappa shape index (κ3) is 6.23. The number of rotatable bonds is 7. The molecule has 0 aromatic heterocycles. The van der Waals surface area contributed by atoms with Gasteiger partial charge in [0.15, 0.2) is 0 Å². The molecule has 0 spiro atoms. The van der Waals surface area contributed by atoms with Crippen LogP contribution in [-0.2, 0) is 4.79 Å². The van der Waals surface area contributed by atoms with Crippen LogP contribution in [0.5, 0.6) is 0 Å². The van der Waals surface area contributed by atoms with Crippen molar-refractivity contribution in [2.75, 3.05) is 13.1 Å². The maximum atomic E-state index is 11.5. The first-order chi connectivity index (χ1) is 9.42. The fourth-order valence-electron chi connectivity index (χ4n) is 2.63. The Hall–Kier alpha value is -1.30. The minimum absolute atomic E-state index is 0.0417. The average molecular weight is 286 g/mol. The van der Waals surface area contributed by atoms with E-state index in [1.807, 2.05) is 0 Å². The molecule has 0 saturated heterocycles. The largest absolute Gasteiger partial charge is 0.481 e. The zero-order chi connectivity index (χ0) is 15.0. The maximum absolute atomic E-state index is 11.5. The Kier molecular flexibility index (Phi) is 6.78. The lowest BCUT2D eigenvalue weighted by atomic mass is 9.78. The summed E-state index contributed by atoms with van der Waals surface area (Å²) in [5, 5.41) is 24.1. The highest BCUT2D eigenvalue weighted by atomic mass is 16.4. The van der Waals surface area contributed by atoms with Crippen LogP contribution in [0.2, 0.25) is 0 Å². The molecule has 20 heavy (non-hydrogen) atoms. The highest BCUT2D eigenvalue weighted by Crippen LogP contribution is 2.32. The molecule has 4 N–H and O–H groups in total. The van der Waals surface area contributed by atoms with Gasteiger partial charge >= 0.3 is 12.0 Å². The number of carboxylic acid groups (broad SMARTS) is 1. The normalized spacial score (nSPS) is 19.1. The molecule has 116 valence electrons. The number of nitrogens with one attached hydrogen (secondary N) is 2. The predicted octanol–water partition coefficient (Wildman–Crippen LogP) is 1.48. The smallest absolute Gasteiger partial charge is 0.314 e. The first kappa shape index (κ1) is 16.8. The van der Waals surface area contributed by atoms with E-state index < -0.39 is 11.6 Å². The first-order valence-electron chi connectivity index (χ1n) is 7.37. The van der Waals surface area contributed by atoms with E-state index in [2.05, 4.69) is 10.6 Å². The molecular weight excluding hydrogens is 260 g/mol. The summed E-state index contributed by atoms with van der Waals surface area (Å²) >= 11 is 0. The van der Waals surface area contributed by atoms with Gasteiger partial charge in [-0.05, 0) is 32.1 Å². The van der Waals surface area contributed by atoms with E-state index in [0.717, 1.165) is 25.7 Å². The van der Waals surface area contributed by atoms with E-state index in [0.29, 0.717) is 13.0 Å². The van der Waals surface area contributed by atoms with E-state index in [9.17, 15) is 14.7 Å². The van der Waals surface area contributed by atoms with Crippen molar-refractivity contribution in [1.82, 2.24) is 10.6 Å². The lowest BCUT2D eigenvalue weighted by Crippen LogP contribution is -2.49. The number of amides is 2. The second kappa shape index (κ2) is 8.09. The summed E-state index contributed by atoms with van der Waals surface area (Å²) < 4.78 is 0. The Bertz CT molecular complexity index is 325. The second-order valence-corrected chi connectivity index (χ2v) is 5.80. The van der Waals surface area contributed by atoms with Crippen molar-refractivity contribution in [2.24, 2.45) is 5.92 Å². The fraction of sp³-hybridized carbons (Fsp3) is 0.857. The molecule has 1 atom stereocenters. The maximum Gasteiger partial charge on any atom is 0.314 e. The highest BCUT2D eigenvalue weighted by molar-refractivity contribution is 5.74. The molecule has 1 aliphatic rings. The Morgan fingerprint density at radius 1 is 1.20 bits per heavy atom. The van der Waals surface area contributed by atoms with Gasteiger partial charge in [-0.25, -0.2) is 4.79 Å². The van der Waals surface area contributed by atoms with Gasteiger partial charge in [-0.15, -0.1) is 0 Å². The summed E-state index contributed by atoms with van der Waals surface area (Å²) in [4.78, 5) is 21.9. The monoisotopic (exact) mass is 286 g/mol. The topological polar surface area (TPSA) is 98.7 Å². The van der Waals surface area contributed by atoms with Gasteiger partial charge in [-0.3, -0.25) is 4.79 Å². The van der Waals surface area contributed by atoms with Crippen molar-refractivity contribution in [3.05, 3.63) is 0 Å². The van der Waals surface area contributed by atoms with Crippen molar-refractivity contribution >= 4 is 12.0 Å². The Morgan fingerprint density at radius 3 is 2.45 bits per heavy atom. The molecule has 1 saturated carbocycles. The molecule has 1 unspecified atom stereocenters. The van der Waals surface area contributed by atoms with E-state index in [4.69, 9.17) is 5.11 Å². The van der Waals surface area contributed by atoms with Crippen LogP contribution in [0, 0.1) is 5.92 Å². The quantitative estimate of drug-likeness (QED) is 0.533. The average Bonchev–Trinajstić information content (AvgIpc) is 2.42. The van der Waals surface area contributed by atoms with Crippen molar-refractivity contribution in [1.29, 1.82) is 0 Å². The van der Waals surface area contributed by atoms with E-state index in [1.165, 1.54) is 6.42 Å². The van der Waals surface area contributed by atoms with Crippen molar-refractivity contribution in [3.63, 3.8) is 0 Å². The van der Waals surface area contributed by atoms with Crippen LogP contribution < -0.4 is 10.6 Å². The summed E-state index contributed by atoms with van der Waals surface area (Å²) in [6.45, 7) is 2.32. The number of aliphatic carboxylic acids is 1. The van der Waals surface area contributed by atoms with Gasteiger partial charge in [0.05, 0.1) is 5.60 Å². The molecule has 0 aliphatic heterocycles. The van der Waals surface area contributed by atoms with Crippen LogP contribution in [-0.4, -0.2) is 40.9 Å². The van der Waals surface area contributed by atoms with Crippen LogP contribution >= 0.6 is 0 Å². The molecule has 6 nitrogen and oxygen atoms in total. The molecule has 0 heterocycles. The minimum atomic E-state index is -0.876. The van der Waals surface area contributed by atoms with Gasteiger partial charge in [0, 0.05) is 19.5 Å². The Morgan fingerprint density at radius 2 is 1.85 bits per heavy atom. The summed E-state index contributed by atoms with van der Waals surface area (Å²) in [7, 11) is 0. The van der Waals surface area contributed by atoms with E-state index in [-0.39, 0.29) is 24.9 Å². The molecule has 0 aromatic rings. The van der Waals surface area contributed by atoms with Crippen molar-refractivity contribution in [2.45, 2.75) is 57.5 Å². The molecule has 2 amide bonds.